The number of hydrogen-bond donors (Lipinski definition) is 2. The minimum atomic E-state index is -0.512. The molecule has 2 N–H and O–H groups in total. The summed E-state index contributed by atoms with van der Waals surface area (Å²) in [5.41, 5.74) is 1.77. The molecule has 0 aromatic heterocycles. The van der Waals surface area contributed by atoms with E-state index in [1.165, 1.54) is 0 Å². The van der Waals surface area contributed by atoms with Crippen LogP contribution < -0.4 is 10.2 Å². The molecule has 0 unspecified atom stereocenters. The summed E-state index contributed by atoms with van der Waals surface area (Å²) < 4.78 is 0.845. The van der Waals surface area contributed by atoms with Gasteiger partial charge in [-0.3, -0.25) is 4.79 Å². The maximum Gasteiger partial charge on any atom is 0.239 e. The summed E-state index contributed by atoms with van der Waals surface area (Å²) >= 11 is 3.43. The van der Waals surface area contributed by atoms with Gasteiger partial charge in [0.1, 0.15) is 0 Å². The molecule has 0 aliphatic carbocycles. The predicted molar refractivity (Wildman–Crippen MR) is 76.7 cm³/mol. The number of amides is 1. The zero-order valence-electron chi connectivity index (χ0n) is 10.9. The summed E-state index contributed by atoms with van der Waals surface area (Å²) in [7, 11) is 1.86. The number of aliphatic hydroxyl groups is 1. The van der Waals surface area contributed by atoms with Crippen molar-refractivity contribution in [3.05, 3.63) is 28.2 Å². The molecule has 1 aromatic carbocycles. The van der Waals surface area contributed by atoms with Gasteiger partial charge >= 0.3 is 0 Å². The van der Waals surface area contributed by atoms with Gasteiger partial charge in [0.2, 0.25) is 5.91 Å². The van der Waals surface area contributed by atoms with Gasteiger partial charge < -0.3 is 15.3 Å². The third kappa shape index (κ3) is 3.99. The van der Waals surface area contributed by atoms with Gasteiger partial charge in [0.15, 0.2) is 0 Å². The first-order chi connectivity index (χ1) is 8.45. The lowest BCUT2D eigenvalue weighted by Crippen LogP contribution is -2.34. The fraction of sp³-hybridized carbons (Fsp3) is 0.462. The molecule has 0 aliphatic heterocycles. The van der Waals surface area contributed by atoms with E-state index < -0.39 is 6.10 Å². The number of carbonyl (C=O) groups excluding carboxylic acids is 1. The topological polar surface area (TPSA) is 52.6 Å². The van der Waals surface area contributed by atoms with Crippen LogP contribution in [-0.4, -0.2) is 31.2 Å². The summed E-state index contributed by atoms with van der Waals surface area (Å²) in [6.45, 7) is 4.57. The SMILES string of the molecule is CCNC(=O)CN(C)c1ccc([C@@H](C)O)c(Br)c1. The second kappa shape index (κ2) is 6.75. The average molecular weight is 315 g/mol. The minimum Gasteiger partial charge on any atom is -0.389 e. The molecule has 0 spiro atoms. The fourth-order valence-electron chi connectivity index (χ4n) is 1.65. The van der Waals surface area contributed by atoms with Crippen molar-refractivity contribution >= 4 is 27.5 Å². The monoisotopic (exact) mass is 314 g/mol. The normalized spacial score (nSPS) is 12.1. The number of rotatable bonds is 5. The summed E-state index contributed by atoms with van der Waals surface area (Å²) in [5.74, 6) is -0.00396. The molecule has 0 saturated heterocycles. The third-order valence-corrected chi connectivity index (χ3v) is 3.32. The second-order valence-electron chi connectivity index (χ2n) is 4.19. The van der Waals surface area contributed by atoms with Gasteiger partial charge in [0.25, 0.3) is 0 Å². The number of hydrogen-bond acceptors (Lipinski definition) is 3. The number of anilines is 1. The van der Waals surface area contributed by atoms with Crippen LogP contribution in [-0.2, 0) is 4.79 Å². The highest BCUT2D eigenvalue weighted by atomic mass is 79.9. The van der Waals surface area contributed by atoms with E-state index in [0.717, 1.165) is 15.7 Å². The van der Waals surface area contributed by atoms with E-state index in [2.05, 4.69) is 21.2 Å². The van der Waals surface area contributed by atoms with Gasteiger partial charge in [0.05, 0.1) is 12.6 Å². The standard InChI is InChI=1S/C13H19BrN2O2/c1-4-15-13(18)8-16(3)10-5-6-11(9(2)17)12(14)7-10/h5-7,9,17H,4,8H2,1-3H3,(H,15,18)/t9-/m1/s1. The lowest BCUT2D eigenvalue weighted by Gasteiger charge is -2.20. The smallest absolute Gasteiger partial charge is 0.239 e. The number of carbonyl (C=O) groups is 1. The molecule has 0 radical (unpaired) electrons. The number of nitrogens with zero attached hydrogens (tertiary/aromatic N) is 1. The number of aliphatic hydroxyl groups excluding tert-OH is 1. The molecule has 18 heavy (non-hydrogen) atoms. The first kappa shape index (κ1) is 15.0. The zero-order valence-corrected chi connectivity index (χ0v) is 12.5. The Morgan fingerprint density at radius 3 is 2.72 bits per heavy atom. The number of halogens is 1. The highest BCUT2D eigenvalue weighted by molar-refractivity contribution is 9.10. The Morgan fingerprint density at radius 2 is 2.22 bits per heavy atom. The summed E-state index contributed by atoms with van der Waals surface area (Å²) in [6.07, 6.45) is -0.512. The highest BCUT2D eigenvalue weighted by Crippen LogP contribution is 2.27. The molecular formula is C13H19BrN2O2. The summed E-state index contributed by atoms with van der Waals surface area (Å²) in [5, 5.41) is 12.3. The van der Waals surface area contributed by atoms with E-state index in [1.54, 1.807) is 6.92 Å². The first-order valence-corrected chi connectivity index (χ1v) is 6.70. The molecule has 0 bridgehead atoms. The van der Waals surface area contributed by atoms with E-state index in [-0.39, 0.29) is 5.91 Å². The Bertz CT molecular complexity index is 421. The molecule has 1 atom stereocenters. The third-order valence-electron chi connectivity index (χ3n) is 2.63. The average Bonchev–Trinajstić information content (AvgIpc) is 2.28. The van der Waals surface area contributed by atoms with Crippen LogP contribution >= 0.6 is 15.9 Å². The van der Waals surface area contributed by atoms with Crippen LogP contribution in [0.15, 0.2) is 22.7 Å². The molecule has 1 aromatic rings. The predicted octanol–water partition coefficient (Wildman–Crippen LogP) is 2.07. The van der Waals surface area contributed by atoms with E-state index >= 15 is 0 Å². The van der Waals surface area contributed by atoms with E-state index in [9.17, 15) is 9.90 Å². The molecule has 0 saturated carbocycles. The van der Waals surface area contributed by atoms with Crippen molar-refractivity contribution in [2.45, 2.75) is 20.0 Å². The van der Waals surface area contributed by atoms with Crippen LogP contribution in [0.25, 0.3) is 0 Å². The Morgan fingerprint density at radius 1 is 1.56 bits per heavy atom. The largest absolute Gasteiger partial charge is 0.389 e. The Labute approximate surface area is 116 Å². The lowest BCUT2D eigenvalue weighted by atomic mass is 10.1. The number of nitrogens with one attached hydrogen (secondary N) is 1. The number of benzene rings is 1. The van der Waals surface area contributed by atoms with E-state index in [0.29, 0.717) is 13.1 Å². The van der Waals surface area contributed by atoms with Crippen molar-refractivity contribution in [1.82, 2.24) is 5.32 Å². The summed E-state index contributed by atoms with van der Waals surface area (Å²) in [6, 6.07) is 5.66. The van der Waals surface area contributed by atoms with E-state index in [1.807, 2.05) is 37.1 Å². The molecule has 0 heterocycles. The van der Waals surface area contributed by atoms with Crippen LogP contribution in [0.1, 0.15) is 25.5 Å². The molecule has 0 fully saturated rings. The van der Waals surface area contributed by atoms with Gasteiger partial charge in [-0.05, 0) is 31.5 Å². The van der Waals surface area contributed by atoms with Gasteiger partial charge in [-0.15, -0.1) is 0 Å². The van der Waals surface area contributed by atoms with Crippen LogP contribution in [0.2, 0.25) is 0 Å². The minimum absolute atomic E-state index is 0.00396. The van der Waals surface area contributed by atoms with Gasteiger partial charge in [-0.1, -0.05) is 22.0 Å². The maximum atomic E-state index is 11.5. The summed E-state index contributed by atoms with van der Waals surface area (Å²) in [4.78, 5) is 13.3. The van der Waals surface area contributed by atoms with Crippen molar-refractivity contribution in [3.8, 4) is 0 Å². The first-order valence-electron chi connectivity index (χ1n) is 5.91. The molecule has 0 aliphatic rings. The lowest BCUT2D eigenvalue weighted by molar-refractivity contribution is -0.119. The fourth-order valence-corrected chi connectivity index (χ4v) is 2.35. The molecular weight excluding hydrogens is 296 g/mol. The Hall–Kier alpha value is -1.07. The van der Waals surface area contributed by atoms with Crippen LogP contribution in [0.4, 0.5) is 5.69 Å². The van der Waals surface area contributed by atoms with Gasteiger partial charge in [0, 0.05) is 23.8 Å². The van der Waals surface area contributed by atoms with Crippen LogP contribution in [0, 0.1) is 0 Å². The molecule has 1 amide bonds. The zero-order chi connectivity index (χ0) is 13.7. The van der Waals surface area contributed by atoms with Crippen molar-refractivity contribution in [3.63, 3.8) is 0 Å². The molecule has 100 valence electrons. The van der Waals surface area contributed by atoms with Crippen molar-refractivity contribution in [2.24, 2.45) is 0 Å². The molecule has 1 rings (SSSR count). The van der Waals surface area contributed by atoms with Crippen LogP contribution in [0.3, 0.4) is 0 Å². The van der Waals surface area contributed by atoms with E-state index in [4.69, 9.17) is 0 Å². The Balaban J connectivity index is 2.78. The maximum absolute atomic E-state index is 11.5. The van der Waals surface area contributed by atoms with Crippen molar-refractivity contribution < 1.29 is 9.90 Å². The molecule has 4 nitrogen and oxygen atoms in total. The van der Waals surface area contributed by atoms with Crippen molar-refractivity contribution in [2.75, 3.05) is 25.0 Å². The second-order valence-corrected chi connectivity index (χ2v) is 5.05. The molecule has 5 heteroatoms. The quantitative estimate of drug-likeness (QED) is 0.875. The highest BCUT2D eigenvalue weighted by Gasteiger charge is 2.10. The van der Waals surface area contributed by atoms with Gasteiger partial charge in [-0.25, -0.2) is 0 Å². The van der Waals surface area contributed by atoms with Crippen LogP contribution in [0.5, 0.6) is 0 Å². The van der Waals surface area contributed by atoms with Crippen molar-refractivity contribution in [1.29, 1.82) is 0 Å². The number of likely N-dealkylation sites (N-methyl/N-ethyl adjacent to an activating group) is 2. The van der Waals surface area contributed by atoms with Gasteiger partial charge in [-0.2, -0.15) is 0 Å². The Kier molecular flexibility index (Phi) is 5.62.